The van der Waals surface area contributed by atoms with Crippen molar-refractivity contribution in [3.63, 3.8) is 0 Å². The van der Waals surface area contributed by atoms with Crippen LogP contribution in [-0.2, 0) is 19.9 Å². The third-order valence-electron chi connectivity index (χ3n) is 2.20. The fourth-order valence-electron chi connectivity index (χ4n) is 1.25. The van der Waals surface area contributed by atoms with Crippen LogP contribution in [0.2, 0.25) is 0 Å². The quantitative estimate of drug-likeness (QED) is 0.650. The highest BCUT2D eigenvalue weighted by atomic mass is 32.2. The molecule has 104 valence electrons. The maximum absolute atomic E-state index is 13.5. The van der Waals surface area contributed by atoms with Crippen LogP contribution in [-0.4, -0.2) is 29.1 Å². The predicted molar refractivity (Wildman–Crippen MR) is 68.1 cm³/mol. The molecule has 0 aromatic heterocycles. The third kappa shape index (κ3) is 3.76. The molecule has 0 aliphatic carbocycles. The Hall–Kier alpha value is -1.43. The first kappa shape index (κ1) is 15.6. The number of halogens is 1. The lowest BCUT2D eigenvalue weighted by molar-refractivity contribution is 0.552. The van der Waals surface area contributed by atoms with E-state index in [0.29, 0.717) is 0 Å². The van der Waals surface area contributed by atoms with Gasteiger partial charge in [-0.05, 0) is 25.1 Å². The van der Waals surface area contributed by atoms with Gasteiger partial charge in [-0.1, -0.05) is 5.92 Å². The number of benzene rings is 1. The number of rotatable bonds is 4. The molecule has 0 bridgehead atoms. The van der Waals surface area contributed by atoms with E-state index in [0.717, 1.165) is 24.5 Å². The smallest absolute Gasteiger partial charge is 0.224 e. The summed E-state index contributed by atoms with van der Waals surface area (Å²) < 4.78 is 62.0. The fraction of sp³-hybridized carbons (Fsp3) is 0.273. The van der Waals surface area contributed by atoms with Gasteiger partial charge in [0.05, 0.1) is 10.9 Å². The van der Waals surface area contributed by atoms with Crippen molar-refractivity contribution in [2.24, 2.45) is 0 Å². The maximum atomic E-state index is 13.5. The summed E-state index contributed by atoms with van der Waals surface area (Å²) >= 11 is 0. The van der Waals surface area contributed by atoms with Gasteiger partial charge in [0.15, 0.2) is 9.84 Å². The summed E-state index contributed by atoms with van der Waals surface area (Å²) in [6.45, 7) is 1.40. The van der Waals surface area contributed by atoms with Gasteiger partial charge in [0, 0.05) is 6.26 Å². The molecule has 0 saturated heterocycles. The Balaban J connectivity index is 3.39. The lowest BCUT2D eigenvalue weighted by Gasteiger charge is -2.10. The number of sulfone groups is 1. The highest BCUT2D eigenvalue weighted by Gasteiger charge is 2.23. The molecule has 0 heterocycles. The molecule has 1 aromatic rings. The van der Waals surface area contributed by atoms with Crippen LogP contribution >= 0.6 is 0 Å². The molecule has 0 aliphatic rings. The van der Waals surface area contributed by atoms with E-state index >= 15 is 0 Å². The number of sulfonamides is 1. The normalized spacial score (nSPS) is 13.8. The van der Waals surface area contributed by atoms with Crippen LogP contribution in [0.1, 0.15) is 6.92 Å². The van der Waals surface area contributed by atoms with Gasteiger partial charge in [0.2, 0.25) is 10.0 Å². The highest BCUT2D eigenvalue weighted by molar-refractivity contribution is 7.91. The third-order valence-corrected chi connectivity index (χ3v) is 4.87. The fourth-order valence-corrected chi connectivity index (χ4v) is 3.24. The molecule has 5 nitrogen and oxygen atoms in total. The van der Waals surface area contributed by atoms with Gasteiger partial charge in [-0.3, -0.25) is 0 Å². The molecule has 1 atom stereocenters. The van der Waals surface area contributed by atoms with Gasteiger partial charge in [0.1, 0.15) is 10.7 Å². The van der Waals surface area contributed by atoms with Crippen molar-refractivity contribution < 1.29 is 21.2 Å². The van der Waals surface area contributed by atoms with Gasteiger partial charge >= 0.3 is 0 Å². The Bertz CT molecular complexity index is 732. The zero-order valence-corrected chi connectivity index (χ0v) is 11.8. The summed E-state index contributed by atoms with van der Waals surface area (Å²) in [5, 5.41) is 0. The van der Waals surface area contributed by atoms with E-state index < -0.39 is 36.6 Å². The lowest BCUT2D eigenvalue weighted by Crippen LogP contribution is -2.32. The molecule has 0 aliphatic heterocycles. The van der Waals surface area contributed by atoms with Crippen LogP contribution < -0.4 is 4.72 Å². The summed E-state index contributed by atoms with van der Waals surface area (Å²) in [5.41, 5.74) is 0. The van der Waals surface area contributed by atoms with Crippen molar-refractivity contribution in [2.45, 2.75) is 22.8 Å². The predicted octanol–water partition coefficient (Wildman–Crippen LogP) is 0.529. The largest absolute Gasteiger partial charge is 0.244 e. The molecular weight excluding hydrogens is 293 g/mol. The average Bonchev–Trinajstić information content (AvgIpc) is 2.26. The van der Waals surface area contributed by atoms with E-state index in [2.05, 4.69) is 5.92 Å². The molecule has 1 N–H and O–H groups in total. The van der Waals surface area contributed by atoms with Crippen molar-refractivity contribution >= 4 is 19.9 Å². The van der Waals surface area contributed by atoms with Crippen molar-refractivity contribution in [1.82, 2.24) is 4.72 Å². The van der Waals surface area contributed by atoms with Crippen molar-refractivity contribution in [2.75, 3.05) is 6.26 Å². The van der Waals surface area contributed by atoms with E-state index in [1.165, 1.54) is 6.92 Å². The Morgan fingerprint density at radius 2 is 1.89 bits per heavy atom. The minimum absolute atomic E-state index is 0.289. The Morgan fingerprint density at radius 1 is 1.32 bits per heavy atom. The maximum Gasteiger partial charge on any atom is 0.244 e. The molecule has 1 aromatic carbocycles. The number of terminal acetylenes is 1. The van der Waals surface area contributed by atoms with Crippen LogP contribution in [0.5, 0.6) is 0 Å². The van der Waals surface area contributed by atoms with E-state index in [9.17, 15) is 21.2 Å². The molecule has 1 rings (SSSR count). The average molecular weight is 305 g/mol. The second kappa shape index (κ2) is 5.28. The molecule has 0 fully saturated rings. The SMILES string of the molecule is C#CC(C)NS(=O)(=O)c1cc(S(C)(=O)=O)ccc1F. The van der Waals surface area contributed by atoms with Crippen LogP contribution in [0.4, 0.5) is 4.39 Å². The summed E-state index contributed by atoms with van der Waals surface area (Å²) in [6, 6.07) is 1.70. The minimum Gasteiger partial charge on any atom is -0.224 e. The molecule has 0 saturated carbocycles. The van der Waals surface area contributed by atoms with Crippen LogP contribution in [0, 0.1) is 18.2 Å². The lowest BCUT2D eigenvalue weighted by atomic mass is 10.3. The molecule has 8 heteroatoms. The molecule has 0 spiro atoms. The topological polar surface area (TPSA) is 80.3 Å². The van der Waals surface area contributed by atoms with Crippen LogP contribution in [0.15, 0.2) is 28.0 Å². The second-order valence-electron chi connectivity index (χ2n) is 3.87. The number of hydrogen-bond donors (Lipinski definition) is 1. The summed E-state index contributed by atoms with van der Waals surface area (Å²) in [4.78, 5) is -1.04. The zero-order valence-electron chi connectivity index (χ0n) is 10.2. The van der Waals surface area contributed by atoms with Gasteiger partial charge in [-0.2, -0.15) is 4.72 Å². The standard InChI is InChI=1S/C11H12FNO4S2/c1-4-8(2)13-19(16,17)11-7-9(18(3,14)15)5-6-10(11)12/h1,5-8,13H,2-3H3. The zero-order chi connectivity index (χ0) is 14.8. The van der Waals surface area contributed by atoms with E-state index in [4.69, 9.17) is 6.42 Å². The van der Waals surface area contributed by atoms with E-state index in [1.807, 2.05) is 4.72 Å². The van der Waals surface area contributed by atoms with Gasteiger partial charge in [-0.25, -0.2) is 21.2 Å². The van der Waals surface area contributed by atoms with Gasteiger partial charge in [0.25, 0.3) is 0 Å². The van der Waals surface area contributed by atoms with Crippen molar-refractivity contribution in [3.05, 3.63) is 24.0 Å². The van der Waals surface area contributed by atoms with Crippen molar-refractivity contribution in [1.29, 1.82) is 0 Å². The molecule has 19 heavy (non-hydrogen) atoms. The monoisotopic (exact) mass is 305 g/mol. The summed E-state index contributed by atoms with van der Waals surface area (Å²) in [7, 11) is -7.85. The summed E-state index contributed by atoms with van der Waals surface area (Å²) in [6.07, 6.45) is 5.92. The van der Waals surface area contributed by atoms with E-state index in [1.54, 1.807) is 0 Å². The van der Waals surface area contributed by atoms with Crippen molar-refractivity contribution in [3.8, 4) is 12.3 Å². The first-order valence-electron chi connectivity index (χ1n) is 5.06. The molecule has 1 unspecified atom stereocenters. The summed E-state index contributed by atoms with van der Waals surface area (Å²) in [5.74, 6) is 1.07. The first-order valence-corrected chi connectivity index (χ1v) is 8.43. The van der Waals surface area contributed by atoms with Gasteiger partial charge in [-0.15, -0.1) is 6.42 Å². The minimum atomic E-state index is -4.22. The van der Waals surface area contributed by atoms with Crippen LogP contribution in [0.3, 0.4) is 0 Å². The number of nitrogens with one attached hydrogen (secondary N) is 1. The van der Waals surface area contributed by atoms with Crippen LogP contribution in [0.25, 0.3) is 0 Å². The van der Waals surface area contributed by atoms with E-state index in [-0.39, 0.29) is 4.90 Å². The molecule has 0 radical (unpaired) electrons. The molecule has 0 amide bonds. The first-order chi connectivity index (χ1) is 8.58. The van der Waals surface area contributed by atoms with Gasteiger partial charge < -0.3 is 0 Å². The highest BCUT2D eigenvalue weighted by Crippen LogP contribution is 2.19. The Morgan fingerprint density at radius 3 is 2.37 bits per heavy atom. The Labute approximate surface area is 111 Å². The Kier molecular flexibility index (Phi) is 4.35. The second-order valence-corrected chi connectivity index (χ2v) is 7.57. The molecular formula is C11H12FNO4S2. The number of hydrogen-bond acceptors (Lipinski definition) is 4.